The summed E-state index contributed by atoms with van der Waals surface area (Å²) in [4.78, 5) is 2.57. The minimum atomic E-state index is -3.59. The molecular weight excluding hydrogens is 404 g/mol. The molecule has 0 amide bonds. The second-order valence-corrected chi connectivity index (χ2v) is 9.51. The van der Waals surface area contributed by atoms with Crippen LogP contribution in [0.15, 0.2) is 76.3 Å². The fraction of sp³-hybridized carbons (Fsp3) is 0.273. The second kappa shape index (κ2) is 9.19. The van der Waals surface area contributed by atoms with Gasteiger partial charge >= 0.3 is 0 Å². The zero-order chi connectivity index (χ0) is 20.1. The van der Waals surface area contributed by atoms with Gasteiger partial charge in [0.1, 0.15) is 0 Å². The standard InChI is InChI=1S/C22H24N2O3S2/c25-29(26,21-8-6-19(7-9-21)18-4-2-1-3-5-18)23-16-22(20-10-15-28-17-20)24-11-13-27-14-12-24/h1-10,15,17,22-23H,11-14,16H2/t22-/m1/s1. The van der Waals surface area contributed by atoms with Gasteiger partial charge in [-0.05, 0) is 45.6 Å². The number of thiophene rings is 1. The highest BCUT2D eigenvalue weighted by molar-refractivity contribution is 7.89. The first-order valence-electron chi connectivity index (χ1n) is 9.62. The third-order valence-electron chi connectivity index (χ3n) is 5.15. The van der Waals surface area contributed by atoms with Gasteiger partial charge in [0.05, 0.1) is 18.1 Å². The minimum absolute atomic E-state index is 0.00326. The molecule has 152 valence electrons. The van der Waals surface area contributed by atoms with Crippen LogP contribution in [0.4, 0.5) is 0 Å². The number of hydrogen-bond donors (Lipinski definition) is 1. The SMILES string of the molecule is O=S(=O)(NC[C@H](c1ccsc1)N1CCOCC1)c1ccc(-c2ccccc2)cc1. The van der Waals surface area contributed by atoms with Gasteiger partial charge in [0.2, 0.25) is 10.0 Å². The summed E-state index contributed by atoms with van der Waals surface area (Å²) in [6, 6.07) is 19.0. The molecule has 0 spiro atoms. The third kappa shape index (κ3) is 4.94. The molecule has 0 unspecified atom stereocenters. The highest BCUT2D eigenvalue weighted by Crippen LogP contribution is 2.25. The fourth-order valence-electron chi connectivity index (χ4n) is 3.54. The number of hydrogen-bond acceptors (Lipinski definition) is 5. The Morgan fingerprint density at radius 1 is 0.966 bits per heavy atom. The van der Waals surface area contributed by atoms with Crippen molar-refractivity contribution in [1.82, 2.24) is 9.62 Å². The maximum absolute atomic E-state index is 12.9. The van der Waals surface area contributed by atoms with Crippen molar-refractivity contribution in [2.24, 2.45) is 0 Å². The van der Waals surface area contributed by atoms with E-state index < -0.39 is 10.0 Å². The van der Waals surface area contributed by atoms with Crippen LogP contribution in [0.5, 0.6) is 0 Å². The average Bonchev–Trinajstić information content (AvgIpc) is 3.30. The fourth-order valence-corrected chi connectivity index (χ4v) is 5.29. The number of benzene rings is 2. The van der Waals surface area contributed by atoms with Crippen LogP contribution in [0.3, 0.4) is 0 Å². The lowest BCUT2D eigenvalue weighted by Crippen LogP contribution is -2.43. The monoisotopic (exact) mass is 428 g/mol. The lowest BCUT2D eigenvalue weighted by molar-refractivity contribution is 0.0173. The van der Waals surface area contributed by atoms with Crippen LogP contribution >= 0.6 is 11.3 Å². The Kier molecular flexibility index (Phi) is 6.42. The van der Waals surface area contributed by atoms with Crippen molar-refractivity contribution in [1.29, 1.82) is 0 Å². The molecule has 0 bridgehead atoms. The molecule has 0 saturated carbocycles. The molecule has 5 nitrogen and oxygen atoms in total. The molecule has 1 N–H and O–H groups in total. The summed E-state index contributed by atoms with van der Waals surface area (Å²) in [5, 5.41) is 4.11. The molecule has 7 heteroatoms. The lowest BCUT2D eigenvalue weighted by Gasteiger charge is -2.34. The van der Waals surface area contributed by atoms with Gasteiger partial charge in [0.25, 0.3) is 0 Å². The Bertz CT molecular complexity index is 998. The van der Waals surface area contributed by atoms with E-state index in [1.165, 1.54) is 0 Å². The Morgan fingerprint density at radius 2 is 1.66 bits per heavy atom. The van der Waals surface area contributed by atoms with Crippen molar-refractivity contribution in [3.05, 3.63) is 77.0 Å². The van der Waals surface area contributed by atoms with Crippen LogP contribution in [0, 0.1) is 0 Å². The summed E-state index contributed by atoms with van der Waals surface area (Å²) in [6.07, 6.45) is 0. The zero-order valence-corrected chi connectivity index (χ0v) is 17.7. The first-order chi connectivity index (χ1) is 14.1. The normalized spacial score (nSPS) is 16.6. The highest BCUT2D eigenvalue weighted by atomic mass is 32.2. The first kappa shape index (κ1) is 20.3. The van der Waals surface area contributed by atoms with E-state index in [1.807, 2.05) is 47.8 Å². The predicted molar refractivity (Wildman–Crippen MR) is 117 cm³/mol. The van der Waals surface area contributed by atoms with E-state index in [0.717, 1.165) is 29.8 Å². The van der Waals surface area contributed by atoms with E-state index in [4.69, 9.17) is 4.74 Å². The molecule has 1 fully saturated rings. The topological polar surface area (TPSA) is 58.6 Å². The molecule has 4 rings (SSSR count). The van der Waals surface area contributed by atoms with Crippen molar-refractivity contribution < 1.29 is 13.2 Å². The molecule has 1 atom stereocenters. The number of ether oxygens (including phenoxy) is 1. The van der Waals surface area contributed by atoms with E-state index in [9.17, 15) is 8.42 Å². The van der Waals surface area contributed by atoms with Gasteiger partial charge in [-0.15, -0.1) is 0 Å². The van der Waals surface area contributed by atoms with Gasteiger partial charge in [0, 0.05) is 25.7 Å². The van der Waals surface area contributed by atoms with Crippen molar-refractivity contribution in [3.8, 4) is 11.1 Å². The smallest absolute Gasteiger partial charge is 0.240 e. The molecule has 2 heterocycles. The Hall–Kier alpha value is -2.03. The van der Waals surface area contributed by atoms with Crippen LogP contribution in [0.1, 0.15) is 11.6 Å². The molecular formula is C22H24N2O3S2. The van der Waals surface area contributed by atoms with Crippen molar-refractivity contribution >= 4 is 21.4 Å². The molecule has 3 aromatic rings. The number of nitrogens with zero attached hydrogens (tertiary/aromatic N) is 1. The summed E-state index contributed by atoms with van der Waals surface area (Å²) < 4.78 is 34.0. The summed E-state index contributed by atoms with van der Waals surface area (Å²) in [6.45, 7) is 3.28. The number of nitrogens with one attached hydrogen (secondary N) is 1. The molecule has 2 aromatic carbocycles. The number of morpholine rings is 1. The van der Waals surface area contributed by atoms with Crippen LogP contribution in [0.25, 0.3) is 11.1 Å². The van der Waals surface area contributed by atoms with Gasteiger partial charge in [-0.25, -0.2) is 13.1 Å². The average molecular weight is 429 g/mol. The molecule has 1 saturated heterocycles. The Labute approximate surface area is 176 Å². The van der Waals surface area contributed by atoms with Gasteiger partial charge in [-0.2, -0.15) is 11.3 Å². The molecule has 29 heavy (non-hydrogen) atoms. The van der Waals surface area contributed by atoms with Gasteiger partial charge < -0.3 is 4.74 Å². The van der Waals surface area contributed by atoms with Gasteiger partial charge in [-0.1, -0.05) is 42.5 Å². The lowest BCUT2D eigenvalue weighted by atomic mass is 10.1. The van der Waals surface area contributed by atoms with E-state index in [1.54, 1.807) is 23.5 Å². The number of sulfonamides is 1. The maximum Gasteiger partial charge on any atom is 0.240 e. The largest absolute Gasteiger partial charge is 0.379 e. The van der Waals surface area contributed by atoms with Gasteiger partial charge in [-0.3, -0.25) is 4.90 Å². The summed E-state index contributed by atoms with van der Waals surface area (Å²) >= 11 is 1.63. The predicted octanol–water partition coefficient (Wildman–Crippen LogP) is 3.77. The van der Waals surface area contributed by atoms with E-state index >= 15 is 0 Å². The number of rotatable bonds is 7. The van der Waals surface area contributed by atoms with E-state index in [-0.39, 0.29) is 10.9 Å². The second-order valence-electron chi connectivity index (χ2n) is 6.96. The van der Waals surface area contributed by atoms with E-state index in [2.05, 4.69) is 21.1 Å². The summed E-state index contributed by atoms with van der Waals surface area (Å²) in [7, 11) is -3.59. The molecule has 1 aliphatic heterocycles. The van der Waals surface area contributed by atoms with Crippen LogP contribution in [-0.2, 0) is 14.8 Å². The van der Waals surface area contributed by atoms with Crippen molar-refractivity contribution in [3.63, 3.8) is 0 Å². The summed E-state index contributed by atoms with van der Waals surface area (Å²) in [5.74, 6) is 0. The van der Waals surface area contributed by atoms with Crippen molar-refractivity contribution in [2.75, 3.05) is 32.8 Å². The Balaban J connectivity index is 1.48. The molecule has 1 aromatic heterocycles. The molecule has 0 radical (unpaired) electrons. The maximum atomic E-state index is 12.9. The highest BCUT2D eigenvalue weighted by Gasteiger charge is 2.25. The first-order valence-corrected chi connectivity index (χ1v) is 12.1. The molecule has 0 aliphatic carbocycles. The van der Waals surface area contributed by atoms with E-state index in [0.29, 0.717) is 19.8 Å². The minimum Gasteiger partial charge on any atom is -0.379 e. The zero-order valence-electron chi connectivity index (χ0n) is 16.0. The van der Waals surface area contributed by atoms with Crippen LogP contribution < -0.4 is 4.72 Å². The Morgan fingerprint density at radius 3 is 2.31 bits per heavy atom. The van der Waals surface area contributed by atoms with Gasteiger partial charge in [0.15, 0.2) is 0 Å². The van der Waals surface area contributed by atoms with Crippen molar-refractivity contribution in [2.45, 2.75) is 10.9 Å². The quantitative estimate of drug-likeness (QED) is 0.622. The van der Waals surface area contributed by atoms with Crippen LogP contribution in [0.2, 0.25) is 0 Å². The molecule has 1 aliphatic rings. The summed E-state index contributed by atoms with van der Waals surface area (Å²) in [5.41, 5.74) is 3.20. The van der Waals surface area contributed by atoms with Crippen LogP contribution in [-0.4, -0.2) is 46.2 Å². The third-order valence-corrected chi connectivity index (χ3v) is 7.29.